The number of aliphatic hydroxyl groups is 1. The molecule has 0 aromatic rings. The van der Waals surface area contributed by atoms with E-state index in [4.69, 9.17) is 47.4 Å². The zero-order valence-corrected chi connectivity index (χ0v) is 25.4. The Bertz CT molecular complexity index is 763. The fourth-order valence-electron chi connectivity index (χ4n) is 4.52. The van der Waals surface area contributed by atoms with Crippen LogP contribution in [0.5, 0.6) is 0 Å². The molecule has 13 nitrogen and oxygen atoms in total. The Morgan fingerprint density at radius 2 is 1.21 bits per heavy atom. The van der Waals surface area contributed by atoms with E-state index in [0.29, 0.717) is 6.61 Å². The minimum atomic E-state index is -1.38. The highest BCUT2D eigenvalue weighted by Crippen LogP contribution is 2.33. The largest absolute Gasteiger partial charge is 0.463 e. The van der Waals surface area contributed by atoms with E-state index < -0.39 is 81.4 Å². The second-order valence-electron chi connectivity index (χ2n) is 10.8. The Labute approximate surface area is 231 Å². The maximum Gasteiger partial charge on any atom is 0.302 e. The lowest BCUT2D eigenvalue weighted by molar-refractivity contribution is -0.365. The summed E-state index contributed by atoms with van der Waals surface area (Å²) >= 11 is 0. The molecule has 0 radical (unpaired) electrons. The number of ether oxygens (including phenoxy) is 10. The van der Waals surface area contributed by atoms with Gasteiger partial charge in [0.2, 0.25) is 0 Å². The molecule has 0 aromatic heterocycles. The average Bonchev–Trinajstić information content (AvgIpc) is 2.86. The van der Waals surface area contributed by atoms with Gasteiger partial charge in [-0.05, 0) is 6.04 Å². The lowest BCUT2D eigenvalue weighted by atomic mass is 9.96. The van der Waals surface area contributed by atoms with Gasteiger partial charge < -0.3 is 52.5 Å². The summed E-state index contributed by atoms with van der Waals surface area (Å²) in [5.41, 5.74) is 0. The summed E-state index contributed by atoms with van der Waals surface area (Å²) in [6.45, 7) is 9.36. The smallest absolute Gasteiger partial charge is 0.302 e. The lowest BCUT2D eigenvalue weighted by Gasteiger charge is -2.48. The Morgan fingerprint density at radius 1 is 0.718 bits per heavy atom. The van der Waals surface area contributed by atoms with Gasteiger partial charge in [-0.3, -0.25) is 9.59 Å². The fraction of sp³-hybridized carbons (Fsp3) is 0.920. The van der Waals surface area contributed by atoms with Gasteiger partial charge in [-0.25, -0.2) is 0 Å². The van der Waals surface area contributed by atoms with Crippen molar-refractivity contribution in [2.24, 2.45) is 0 Å². The molecule has 2 heterocycles. The molecule has 0 aliphatic carbocycles. The quantitative estimate of drug-likeness (QED) is 0.227. The van der Waals surface area contributed by atoms with E-state index in [-0.39, 0.29) is 13.2 Å². The Balaban J connectivity index is 2.34. The van der Waals surface area contributed by atoms with Crippen molar-refractivity contribution < 1.29 is 62.1 Å². The first-order valence-electron chi connectivity index (χ1n) is 13.0. The molecule has 0 amide bonds. The third kappa shape index (κ3) is 9.69. The molecule has 2 fully saturated rings. The highest BCUT2D eigenvalue weighted by atomic mass is 28.3. The van der Waals surface area contributed by atoms with Crippen LogP contribution >= 0.6 is 0 Å². The molecular weight excluding hydrogens is 536 g/mol. The molecule has 2 aliphatic rings. The third-order valence-electron chi connectivity index (χ3n) is 6.63. The summed E-state index contributed by atoms with van der Waals surface area (Å²) in [7, 11) is 4.48. The summed E-state index contributed by atoms with van der Waals surface area (Å²) in [6, 6.07) is 0.908. The van der Waals surface area contributed by atoms with Gasteiger partial charge in [0.1, 0.15) is 62.0 Å². The van der Waals surface area contributed by atoms with E-state index in [1.165, 1.54) is 42.3 Å². The summed E-state index contributed by atoms with van der Waals surface area (Å²) in [4.78, 5) is 23.1. The summed E-state index contributed by atoms with van der Waals surface area (Å²) in [6.07, 6.45) is -8.97. The molecule has 2 rings (SSSR count). The zero-order chi connectivity index (χ0) is 29.3. The van der Waals surface area contributed by atoms with E-state index >= 15 is 0 Å². The van der Waals surface area contributed by atoms with Crippen LogP contribution < -0.4 is 0 Å². The number of hydrogen-bond acceptors (Lipinski definition) is 13. The van der Waals surface area contributed by atoms with Crippen molar-refractivity contribution in [3.63, 3.8) is 0 Å². The van der Waals surface area contributed by atoms with Crippen LogP contribution in [-0.4, -0.2) is 135 Å². The molecule has 10 atom stereocenters. The van der Waals surface area contributed by atoms with Crippen LogP contribution in [0.1, 0.15) is 13.8 Å². The van der Waals surface area contributed by atoms with Crippen LogP contribution in [0.25, 0.3) is 0 Å². The fourth-order valence-corrected chi connectivity index (χ4v) is 5.25. The van der Waals surface area contributed by atoms with Crippen molar-refractivity contribution >= 4 is 20.0 Å². The van der Waals surface area contributed by atoms with Crippen molar-refractivity contribution in [1.82, 2.24) is 0 Å². The van der Waals surface area contributed by atoms with E-state index in [1.807, 2.05) is 0 Å². The van der Waals surface area contributed by atoms with Gasteiger partial charge >= 0.3 is 11.9 Å². The molecule has 228 valence electrons. The number of methoxy groups -OCH3 is 4. The van der Waals surface area contributed by atoms with Crippen LogP contribution in [0.2, 0.25) is 25.7 Å². The Kier molecular flexibility index (Phi) is 13.7. The highest BCUT2D eigenvalue weighted by molar-refractivity contribution is 6.76. The van der Waals surface area contributed by atoms with Gasteiger partial charge in [0.15, 0.2) is 12.6 Å². The van der Waals surface area contributed by atoms with Crippen LogP contribution in [-0.2, 0) is 57.0 Å². The molecule has 39 heavy (non-hydrogen) atoms. The van der Waals surface area contributed by atoms with Gasteiger partial charge in [-0.1, -0.05) is 19.6 Å². The maximum absolute atomic E-state index is 11.7. The predicted molar refractivity (Wildman–Crippen MR) is 139 cm³/mol. The van der Waals surface area contributed by atoms with Crippen molar-refractivity contribution in [2.45, 2.75) is 101 Å². The summed E-state index contributed by atoms with van der Waals surface area (Å²) in [5, 5.41) is 10.8. The zero-order valence-electron chi connectivity index (χ0n) is 24.4. The summed E-state index contributed by atoms with van der Waals surface area (Å²) < 4.78 is 57.7. The molecule has 0 spiro atoms. The van der Waals surface area contributed by atoms with Gasteiger partial charge in [0, 0.05) is 57.0 Å². The van der Waals surface area contributed by atoms with Gasteiger partial charge in [-0.2, -0.15) is 0 Å². The van der Waals surface area contributed by atoms with Gasteiger partial charge in [0.05, 0.1) is 0 Å². The maximum atomic E-state index is 11.7. The van der Waals surface area contributed by atoms with E-state index in [0.717, 1.165) is 6.04 Å². The van der Waals surface area contributed by atoms with Crippen molar-refractivity contribution in [1.29, 1.82) is 0 Å². The van der Waals surface area contributed by atoms with Gasteiger partial charge in [0.25, 0.3) is 0 Å². The number of hydrogen-bond donors (Lipinski definition) is 1. The minimum absolute atomic E-state index is 0.151. The third-order valence-corrected chi connectivity index (χ3v) is 8.33. The molecular formula is C25H46O13Si. The second-order valence-corrected chi connectivity index (χ2v) is 16.4. The van der Waals surface area contributed by atoms with Crippen molar-refractivity contribution in [2.75, 3.05) is 48.3 Å². The first-order valence-corrected chi connectivity index (χ1v) is 16.7. The van der Waals surface area contributed by atoms with E-state index in [1.54, 1.807) is 0 Å². The lowest BCUT2D eigenvalue weighted by Crippen LogP contribution is -2.66. The number of esters is 2. The van der Waals surface area contributed by atoms with Crippen LogP contribution in [0.3, 0.4) is 0 Å². The van der Waals surface area contributed by atoms with E-state index in [2.05, 4.69) is 19.6 Å². The Hall–Kier alpha value is -1.20. The van der Waals surface area contributed by atoms with Crippen LogP contribution in [0, 0.1) is 0 Å². The molecule has 2 aliphatic heterocycles. The first-order chi connectivity index (χ1) is 18.4. The molecule has 14 heteroatoms. The number of rotatable bonds is 14. The average molecular weight is 583 g/mol. The first kappa shape index (κ1) is 34.0. The number of carbonyl (C=O) groups excluding carboxylic acids is 2. The molecule has 1 unspecified atom stereocenters. The molecule has 0 aromatic carbocycles. The molecule has 0 saturated carbocycles. The standard InChI is InChI=1S/C25H46O13Si/c1-14(26)34-12-16-18(28)20(29-3)22(31-5)25(36-16)38-19-17(13-35-15(2)27)37-24(23(32-6)21(19)30-4)33-10-11-39(7,8)9/h16-25,28H,10-13H2,1-9H3/t16-,17-,18-,19-,20+,21+,22-,23-,24?,25-/m1/s1. The molecule has 1 N–H and O–H groups in total. The molecule has 0 bridgehead atoms. The minimum Gasteiger partial charge on any atom is -0.463 e. The Morgan fingerprint density at radius 3 is 1.69 bits per heavy atom. The van der Waals surface area contributed by atoms with Crippen molar-refractivity contribution in [3.05, 3.63) is 0 Å². The highest BCUT2D eigenvalue weighted by Gasteiger charge is 2.53. The second kappa shape index (κ2) is 15.7. The predicted octanol–water partition coefficient (Wildman–Crippen LogP) is 0.723. The monoisotopic (exact) mass is 582 g/mol. The van der Waals surface area contributed by atoms with Crippen LogP contribution in [0.4, 0.5) is 0 Å². The van der Waals surface area contributed by atoms with Crippen LogP contribution in [0.15, 0.2) is 0 Å². The number of carbonyl (C=O) groups is 2. The van der Waals surface area contributed by atoms with E-state index in [9.17, 15) is 14.7 Å². The topological polar surface area (TPSA) is 147 Å². The van der Waals surface area contributed by atoms with Gasteiger partial charge in [-0.15, -0.1) is 0 Å². The SMILES string of the molecule is CO[C@H]1[C@@H](O[C@H]2[C@H](OC)[C@@H](OC)C(OCC[Si](C)(C)C)O[C@@H]2COC(C)=O)O[C@H](COC(C)=O)[C@@H](O)[C@@H]1OC. The summed E-state index contributed by atoms with van der Waals surface area (Å²) in [5.74, 6) is -1.03. The normalized spacial score (nSPS) is 35.4. The molecule has 2 saturated heterocycles. The van der Waals surface area contributed by atoms with Crippen molar-refractivity contribution in [3.8, 4) is 0 Å². The number of aliphatic hydroxyl groups excluding tert-OH is 1.